The van der Waals surface area contributed by atoms with Gasteiger partial charge in [-0.05, 0) is 19.1 Å². The van der Waals surface area contributed by atoms with Crippen molar-refractivity contribution in [2.45, 2.75) is 13.5 Å². The zero-order valence-corrected chi connectivity index (χ0v) is 12.0. The van der Waals surface area contributed by atoms with Gasteiger partial charge in [-0.1, -0.05) is 0 Å². The molecule has 0 bridgehead atoms. The maximum atomic E-state index is 11.9. The van der Waals surface area contributed by atoms with Gasteiger partial charge in [0.25, 0.3) is 5.91 Å². The van der Waals surface area contributed by atoms with E-state index in [1.54, 1.807) is 13.1 Å². The summed E-state index contributed by atoms with van der Waals surface area (Å²) in [6.45, 7) is 2.21. The van der Waals surface area contributed by atoms with Crippen molar-refractivity contribution in [3.63, 3.8) is 0 Å². The molecule has 0 spiro atoms. The Kier molecular flexibility index (Phi) is 4.46. The van der Waals surface area contributed by atoms with Gasteiger partial charge >= 0.3 is 0 Å². The molecule has 0 saturated heterocycles. The number of carbonyl (C=O) groups excluding carboxylic acids is 2. The summed E-state index contributed by atoms with van der Waals surface area (Å²) in [4.78, 5) is 30.7. The van der Waals surface area contributed by atoms with E-state index in [-0.39, 0.29) is 18.4 Å². The summed E-state index contributed by atoms with van der Waals surface area (Å²) >= 11 is 1.40. The molecule has 0 atom stereocenters. The fourth-order valence-corrected chi connectivity index (χ4v) is 2.34. The Morgan fingerprint density at radius 3 is 2.85 bits per heavy atom. The van der Waals surface area contributed by atoms with Gasteiger partial charge in [-0.3, -0.25) is 14.7 Å². The Labute approximate surface area is 120 Å². The number of hydrogen-bond acceptors (Lipinski definition) is 5. The van der Waals surface area contributed by atoms with Gasteiger partial charge in [-0.25, -0.2) is 4.98 Å². The predicted octanol–water partition coefficient (Wildman–Crippen LogP) is 0.563. The maximum absolute atomic E-state index is 11.9. The number of nitrogens with one attached hydrogen (secondary N) is 2. The second-order valence-electron chi connectivity index (χ2n) is 4.27. The van der Waals surface area contributed by atoms with Gasteiger partial charge in [0.2, 0.25) is 5.91 Å². The summed E-state index contributed by atoms with van der Waals surface area (Å²) in [5.74, 6) is 0.175. The van der Waals surface area contributed by atoms with Crippen LogP contribution in [0, 0.1) is 6.92 Å². The topological polar surface area (TPSA) is 91.0 Å². The number of H-pyrrole nitrogens is 1. The molecule has 7 nitrogen and oxygen atoms in total. The SMILES string of the molecule is Cc1ccc(C(=O)NCC(=O)N(C)Cc2ncn[nH]2)s1. The van der Waals surface area contributed by atoms with Crippen molar-refractivity contribution in [2.75, 3.05) is 13.6 Å². The lowest BCUT2D eigenvalue weighted by atomic mass is 10.4. The first kappa shape index (κ1) is 14.2. The predicted molar refractivity (Wildman–Crippen MR) is 74.2 cm³/mol. The van der Waals surface area contributed by atoms with E-state index in [0.717, 1.165) is 4.88 Å². The van der Waals surface area contributed by atoms with Crippen LogP contribution in [0.25, 0.3) is 0 Å². The van der Waals surface area contributed by atoms with Gasteiger partial charge in [0, 0.05) is 11.9 Å². The summed E-state index contributed by atoms with van der Waals surface area (Å²) in [5.41, 5.74) is 0. The van der Waals surface area contributed by atoms with Crippen LogP contribution in [0.3, 0.4) is 0 Å². The monoisotopic (exact) mass is 293 g/mol. The van der Waals surface area contributed by atoms with E-state index in [9.17, 15) is 9.59 Å². The first-order valence-electron chi connectivity index (χ1n) is 5.99. The van der Waals surface area contributed by atoms with Crippen molar-refractivity contribution < 1.29 is 9.59 Å². The van der Waals surface area contributed by atoms with E-state index in [2.05, 4.69) is 20.5 Å². The number of aromatic amines is 1. The molecule has 106 valence electrons. The summed E-state index contributed by atoms with van der Waals surface area (Å²) in [6.07, 6.45) is 1.38. The quantitative estimate of drug-likeness (QED) is 0.843. The number of thiophene rings is 1. The summed E-state index contributed by atoms with van der Waals surface area (Å²) in [6, 6.07) is 3.62. The van der Waals surface area contributed by atoms with Crippen LogP contribution in [0.4, 0.5) is 0 Å². The number of aryl methyl sites for hydroxylation is 1. The lowest BCUT2D eigenvalue weighted by Gasteiger charge is -2.15. The zero-order chi connectivity index (χ0) is 14.5. The fourth-order valence-electron chi connectivity index (χ4n) is 1.55. The molecule has 0 aliphatic rings. The highest BCUT2D eigenvalue weighted by molar-refractivity contribution is 7.13. The van der Waals surface area contributed by atoms with Crippen molar-refractivity contribution in [1.82, 2.24) is 25.4 Å². The third-order valence-corrected chi connectivity index (χ3v) is 3.64. The van der Waals surface area contributed by atoms with E-state index in [0.29, 0.717) is 17.2 Å². The van der Waals surface area contributed by atoms with Crippen LogP contribution in [-0.4, -0.2) is 45.5 Å². The minimum atomic E-state index is -0.232. The molecule has 0 radical (unpaired) electrons. The van der Waals surface area contributed by atoms with E-state index in [1.165, 1.54) is 22.6 Å². The Balaban J connectivity index is 1.81. The van der Waals surface area contributed by atoms with Crippen LogP contribution in [0.1, 0.15) is 20.4 Å². The zero-order valence-electron chi connectivity index (χ0n) is 11.2. The van der Waals surface area contributed by atoms with E-state index >= 15 is 0 Å². The summed E-state index contributed by atoms with van der Waals surface area (Å²) < 4.78 is 0. The first-order chi connectivity index (χ1) is 9.56. The second kappa shape index (κ2) is 6.29. The molecule has 2 N–H and O–H groups in total. The standard InChI is InChI=1S/C12H15N5O2S/c1-8-3-4-9(20-8)12(19)13-5-11(18)17(2)6-10-14-7-15-16-10/h3-4,7H,5-6H2,1-2H3,(H,13,19)(H,14,15,16). The molecule has 0 aromatic carbocycles. The minimum Gasteiger partial charge on any atom is -0.342 e. The van der Waals surface area contributed by atoms with Crippen LogP contribution in [-0.2, 0) is 11.3 Å². The van der Waals surface area contributed by atoms with Gasteiger partial charge in [0.05, 0.1) is 18.0 Å². The molecule has 2 rings (SSSR count). The van der Waals surface area contributed by atoms with Crippen LogP contribution in [0.2, 0.25) is 0 Å². The molecule has 20 heavy (non-hydrogen) atoms. The van der Waals surface area contributed by atoms with Crippen LogP contribution < -0.4 is 5.32 Å². The van der Waals surface area contributed by atoms with Crippen molar-refractivity contribution >= 4 is 23.2 Å². The molecule has 8 heteroatoms. The highest BCUT2D eigenvalue weighted by atomic mass is 32.1. The maximum Gasteiger partial charge on any atom is 0.261 e. The molecule has 2 amide bonds. The molecular weight excluding hydrogens is 278 g/mol. The Hall–Kier alpha value is -2.22. The van der Waals surface area contributed by atoms with E-state index in [1.807, 2.05) is 13.0 Å². The average Bonchev–Trinajstić information content (AvgIpc) is 3.07. The Morgan fingerprint density at radius 2 is 2.25 bits per heavy atom. The third-order valence-electron chi connectivity index (χ3n) is 2.64. The van der Waals surface area contributed by atoms with E-state index in [4.69, 9.17) is 0 Å². The molecular formula is C12H15N5O2S. The van der Waals surface area contributed by atoms with Crippen molar-refractivity contribution in [3.8, 4) is 0 Å². The highest BCUT2D eigenvalue weighted by Gasteiger charge is 2.13. The number of carbonyl (C=O) groups is 2. The van der Waals surface area contributed by atoms with Gasteiger partial charge < -0.3 is 10.2 Å². The van der Waals surface area contributed by atoms with Gasteiger partial charge in [0.15, 0.2) is 0 Å². The summed E-state index contributed by atoms with van der Waals surface area (Å²) in [7, 11) is 1.65. The van der Waals surface area contributed by atoms with Crippen molar-refractivity contribution in [1.29, 1.82) is 0 Å². The number of rotatable bonds is 5. The third kappa shape index (κ3) is 3.64. The fraction of sp³-hybridized carbons (Fsp3) is 0.333. The average molecular weight is 293 g/mol. The van der Waals surface area contributed by atoms with Crippen LogP contribution in [0.15, 0.2) is 18.5 Å². The van der Waals surface area contributed by atoms with Gasteiger partial charge in [-0.15, -0.1) is 11.3 Å². The van der Waals surface area contributed by atoms with Crippen molar-refractivity contribution in [2.24, 2.45) is 0 Å². The number of nitrogens with zero attached hydrogens (tertiary/aromatic N) is 3. The number of aromatic nitrogens is 3. The second-order valence-corrected chi connectivity index (χ2v) is 5.56. The minimum absolute atomic E-state index is 0.0413. The Bertz CT molecular complexity index is 593. The highest BCUT2D eigenvalue weighted by Crippen LogP contribution is 2.14. The molecule has 2 aromatic rings. The van der Waals surface area contributed by atoms with E-state index < -0.39 is 0 Å². The van der Waals surface area contributed by atoms with Crippen LogP contribution >= 0.6 is 11.3 Å². The van der Waals surface area contributed by atoms with Crippen LogP contribution in [0.5, 0.6) is 0 Å². The molecule has 0 saturated carbocycles. The van der Waals surface area contributed by atoms with Crippen molar-refractivity contribution in [3.05, 3.63) is 34.0 Å². The number of hydrogen-bond donors (Lipinski definition) is 2. The first-order valence-corrected chi connectivity index (χ1v) is 6.80. The number of amides is 2. The molecule has 2 aromatic heterocycles. The van der Waals surface area contributed by atoms with Gasteiger partial charge in [-0.2, -0.15) is 5.10 Å². The Morgan fingerprint density at radius 1 is 1.45 bits per heavy atom. The largest absolute Gasteiger partial charge is 0.342 e. The lowest BCUT2D eigenvalue weighted by molar-refractivity contribution is -0.129. The molecule has 2 heterocycles. The lowest BCUT2D eigenvalue weighted by Crippen LogP contribution is -2.37. The number of likely N-dealkylation sites (N-methyl/N-ethyl adjacent to an activating group) is 1. The van der Waals surface area contributed by atoms with Gasteiger partial charge in [0.1, 0.15) is 12.2 Å². The molecule has 0 fully saturated rings. The molecule has 0 unspecified atom stereocenters. The summed E-state index contributed by atoms with van der Waals surface area (Å²) in [5, 5.41) is 8.99. The smallest absolute Gasteiger partial charge is 0.261 e. The molecule has 0 aliphatic carbocycles. The molecule has 0 aliphatic heterocycles. The normalized spacial score (nSPS) is 10.3.